The van der Waals surface area contributed by atoms with Crippen molar-refractivity contribution in [3.8, 4) is 0 Å². The van der Waals surface area contributed by atoms with Crippen LogP contribution in [0.1, 0.15) is 30.7 Å². The minimum Gasteiger partial charge on any atom is -0.456 e. The Hall–Kier alpha value is -1.45. The second-order valence-corrected chi connectivity index (χ2v) is 3.07. The summed E-state index contributed by atoms with van der Waals surface area (Å²) in [6.07, 6.45) is 4.84. The molecule has 1 aliphatic carbocycles. The van der Waals surface area contributed by atoms with Gasteiger partial charge in [0, 0.05) is 13.1 Å². The summed E-state index contributed by atoms with van der Waals surface area (Å²) in [6, 6.07) is 0. The number of rotatable bonds is 1. The highest BCUT2D eigenvalue weighted by molar-refractivity contribution is 5.66. The average Bonchev–Trinajstić information content (AvgIpc) is 2.48. The first kappa shape index (κ1) is 8.16. The largest absolute Gasteiger partial charge is 0.456 e. The molecule has 0 aromatic carbocycles. The van der Waals surface area contributed by atoms with Crippen LogP contribution in [0.25, 0.3) is 0 Å². The zero-order chi connectivity index (χ0) is 9.26. The highest BCUT2D eigenvalue weighted by Crippen LogP contribution is 2.31. The maximum atomic E-state index is 10.7. The van der Waals surface area contributed by atoms with Gasteiger partial charge in [-0.05, 0) is 18.4 Å². The van der Waals surface area contributed by atoms with Crippen molar-refractivity contribution >= 4 is 5.97 Å². The third-order valence-corrected chi connectivity index (χ3v) is 2.11. The van der Waals surface area contributed by atoms with Gasteiger partial charge in [0.2, 0.25) is 0 Å². The molecule has 1 aliphatic rings. The number of carbonyl (C=O) groups is 1. The fourth-order valence-corrected chi connectivity index (χ4v) is 1.59. The van der Waals surface area contributed by atoms with E-state index in [1.807, 2.05) is 0 Å². The van der Waals surface area contributed by atoms with Crippen LogP contribution in [0.3, 0.4) is 0 Å². The van der Waals surface area contributed by atoms with E-state index in [9.17, 15) is 4.79 Å². The molecule has 1 unspecified atom stereocenters. The number of hydrogen-bond acceptors (Lipinski definition) is 4. The molecule has 13 heavy (non-hydrogen) atoms. The Kier molecular flexibility index (Phi) is 1.96. The number of ether oxygens (including phenoxy) is 1. The molecule has 2 rings (SSSR count). The maximum Gasteiger partial charge on any atom is 0.303 e. The van der Waals surface area contributed by atoms with Gasteiger partial charge in [0.1, 0.15) is 12.4 Å². The lowest BCUT2D eigenvalue weighted by Crippen LogP contribution is -2.06. The number of aryl methyl sites for hydroxylation is 1. The maximum absolute atomic E-state index is 10.7. The molecule has 0 radical (unpaired) electrons. The van der Waals surface area contributed by atoms with E-state index in [0.29, 0.717) is 0 Å². The molecule has 0 N–H and O–H groups in total. The number of aromatic nitrogens is 2. The molecule has 0 fully saturated rings. The predicted molar refractivity (Wildman–Crippen MR) is 44.9 cm³/mol. The van der Waals surface area contributed by atoms with Gasteiger partial charge in [-0.1, -0.05) is 0 Å². The molecule has 0 saturated carbocycles. The molecule has 4 heteroatoms. The second kappa shape index (κ2) is 3.12. The smallest absolute Gasteiger partial charge is 0.303 e. The Bertz CT molecular complexity index is 338. The van der Waals surface area contributed by atoms with E-state index in [2.05, 4.69) is 9.97 Å². The quantitative estimate of drug-likeness (QED) is 0.602. The van der Waals surface area contributed by atoms with E-state index in [1.165, 1.54) is 13.3 Å². The van der Waals surface area contributed by atoms with Crippen LogP contribution in [0, 0.1) is 0 Å². The van der Waals surface area contributed by atoms with Gasteiger partial charge in [-0.25, -0.2) is 9.97 Å². The molecule has 0 amide bonds. The highest BCUT2D eigenvalue weighted by Gasteiger charge is 2.26. The van der Waals surface area contributed by atoms with Crippen molar-refractivity contribution in [2.75, 3.05) is 0 Å². The first-order valence-corrected chi connectivity index (χ1v) is 4.23. The summed E-state index contributed by atoms with van der Waals surface area (Å²) in [5, 5.41) is 0. The Morgan fingerprint density at radius 2 is 2.54 bits per heavy atom. The zero-order valence-corrected chi connectivity index (χ0v) is 7.36. The molecule has 68 valence electrons. The molecule has 0 aliphatic heterocycles. The highest BCUT2D eigenvalue weighted by atomic mass is 16.5. The van der Waals surface area contributed by atoms with Gasteiger partial charge in [0.25, 0.3) is 0 Å². The summed E-state index contributed by atoms with van der Waals surface area (Å²) in [6.45, 7) is 1.42. The molecular weight excluding hydrogens is 168 g/mol. The lowest BCUT2D eigenvalue weighted by atomic mass is 10.3. The molecule has 0 bridgehead atoms. The number of fused-ring (bicyclic) bond motifs is 1. The Balaban J connectivity index is 2.23. The first-order chi connectivity index (χ1) is 6.27. The van der Waals surface area contributed by atoms with Crippen LogP contribution in [-0.4, -0.2) is 15.9 Å². The lowest BCUT2D eigenvalue weighted by Gasteiger charge is -2.09. The molecule has 1 aromatic heterocycles. The van der Waals surface area contributed by atoms with Crippen molar-refractivity contribution in [1.82, 2.24) is 9.97 Å². The van der Waals surface area contributed by atoms with Crippen LogP contribution in [0.2, 0.25) is 0 Å². The topological polar surface area (TPSA) is 52.1 Å². The average molecular weight is 178 g/mol. The number of nitrogens with zero attached hydrogens (tertiary/aromatic N) is 2. The Morgan fingerprint density at radius 3 is 3.31 bits per heavy atom. The monoisotopic (exact) mass is 178 g/mol. The summed E-state index contributed by atoms with van der Waals surface area (Å²) in [4.78, 5) is 18.8. The van der Waals surface area contributed by atoms with Crippen LogP contribution >= 0.6 is 0 Å². The van der Waals surface area contributed by atoms with Gasteiger partial charge in [-0.15, -0.1) is 0 Å². The van der Waals surface area contributed by atoms with Gasteiger partial charge in [0.05, 0.1) is 5.69 Å². The van der Waals surface area contributed by atoms with Crippen molar-refractivity contribution in [1.29, 1.82) is 0 Å². The van der Waals surface area contributed by atoms with Gasteiger partial charge >= 0.3 is 5.97 Å². The van der Waals surface area contributed by atoms with E-state index in [-0.39, 0.29) is 12.1 Å². The van der Waals surface area contributed by atoms with Crippen LogP contribution in [0.15, 0.2) is 12.5 Å². The van der Waals surface area contributed by atoms with Gasteiger partial charge in [-0.2, -0.15) is 0 Å². The summed E-state index contributed by atoms with van der Waals surface area (Å²) >= 11 is 0. The summed E-state index contributed by atoms with van der Waals surface area (Å²) in [5.41, 5.74) is 1.96. The predicted octanol–water partition coefficient (Wildman–Crippen LogP) is 1.03. The fourth-order valence-electron chi connectivity index (χ4n) is 1.59. The molecule has 0 spiro atoms. The van der Waals surface area contributed by atoms with E-state index in [4.69, 9.17) is 4.74 Å². The molecule has 0 saturated heterocycles. The van der Waals surface area contributed by atoms with Crippen molar-refractivity contribution in [3.05, 3.63) is 23.8 Å². The molecule has 1 atom stereocenters. The molecule has 4 nitrogen and oxygen atoms in total. The minimum atomic E-state index is -0.253. The first-order valence-electron chi connectivity index (χ1n) is 4.23. The second-order valence-electron chi connectivity index (χ2n) is 3.07. The third-order valence-electron chi connectivity index (χ3n) is 2.11. The van der Waals surface area contributed by atoms with Crippen LogP contribution in [0.4, 0.5) is 0 Å². The normalized spacial score (nSPS) is 19.6. The van der Waals surface area contributed by atoms with E-state index < -0.39 is 0 Å². The Labute approximate surface area is 76.0 Å². The van der Waals surface area contributed by atoms with E-state index >= 15 is 0 Å². The van der Waals surface area contributed by atoms with Crippen molar-refractivity contribution < 1.29 is 9.53 Å². The molecule has 1 aromatic rings. The van der Waals surface area contributed by atoms with Gasteiger partial charge in [0.15, 0.2) is 0 Å². The lowest BCUT2D eigenvalue weighted by molar-refractivity contribution is -0.146. The molecule has 1 heterocycles. The zero-order valence-electron chi connectivity index (χ0n) is 7.36. The van der Waals surface area contributed by atoms with Crippen LogP contribution in [0.5, 0.6) is 0 Å². The van der Waals surface area contributed by atoms with Crippen LogP contribution in [-0.2, 0) is 16.0 Å². The summed E-state index contributed by atoms with van der Waals surface area (Å²) in [5.74, 6) is -0.253. The van der Waals surface area contributed by atoms with Crippen molar-refractivity contribution in [2.45, 2.75) is 25.9 Å². The number of esters is 1. The summed E-state index contributed by atoms with van der Waals surface area (Å²) < 4.78 is 5.11. The van der Waals surface area contributed by atoms with Gasteiger partial charge in [-0.3, -0.25) is 4.79 Å². The van der Waals surface area contributed by atoms with Crippen molar-refractivity contribution in [2.24, 2.45) is 0 Å². The molecular formula is C9H10N2O2. The minimum absolute atomic E-state index is 0.157. The Morgan fingerprint density at radius 1 is 1.69 bits per heavy atom. The van der Waals surface area contributed by atoms with E-state index in [1.54, 1.807) is 6.20 Å². The van der Waals surface area contributed by atoms with Crippen molar-refractivity contribution in [3.63, 3.8) is 0 Å². The fraction of sp³-hybridized carbons (Fsp3) is 0.444. The number of carbonyl (C=O) groups excluding carboxylic acids is 1. The van der Waals surface area contributed by atoms with Crippen LogP contribution < -0.4 is 0 Å². The summed E-state index contributed by atoms with van der Waals surface area (Å²) in [7, 11) is 0. The van der Waals surface area contributed by atoms with E-state index in [0.717, 1.165) is 24.1 Å². The number of hydrogen-bond donors (Lipinski definition) is 0. The van der Waals surface area contributed by atoms with Gasteiger partial charge < -0.3 is 4.74 Å². The SMILES string of the molecule is CC(=O)OC1CCc2cncnc21. The standard InChI is InChI=1S/C9H10N2O2/c1-6(12)13-8-3-2-7-4-10-5-11-9(7)8/h4-5,8H,2-3H2,1H3. The third kappa shape index (κ3) is 1.52.